The van der Waals surface area contributed by atoms with Gasteiger partial charge in [0.15, 0.2) is 0 Å². The van der Waals surface area contributed by atoms with Crippen LogP contribution in [0.4, 0.5) is 0 Å². The van der Waals surface area contributed by atoms with E-state index in [1.807, 2.05) is 0 Å². The summed E-state index contributed by atoms with van der Waals surface area (Å²) in [5.41, 5.74) is 0. The molecule has 0 fully saturated rings. The second kappa shape index (κ2) is 7.03. The molecule has 1 heteroatoms. The highest BCUT2D eigenvalue weighted by atomic mass is 16.1. The van der Waals surface area contributed by atoms with Gasteiger partial charge < -0.3 is 0 Å². The van der Waals surface area contributed by atoms with Gasteiger partial charge in [-0.15, -0.1) is 0 Å². The molecule has 0 saturated carbocycles. The molecule has 0 aromatic rings. The fourth-order valence-corrected chi connectivity index (χ4v) is 1.84. The minimum Gasteiger partial charge on any atom is -0.299 e. The molecule has 0 radical (unpaired) electrons. The van der Waals surface area contributed by atoms with Crippen LogP contribution in [0.25, 0.3) is 0 Å². The molecule has 0 spiro atoms. The number of rotatable bonds is 7. The maximum atomic E-state index is 11.9. The summed E-state index contributed by atoms with van der Waals surface area (Å²) in [4.78, 5) is 11.9. The van der Waals surface area contributed by atoms with Gasteiger partial charge in [-0.05, 0) is 18.3 Å². The van der Waals surface area contributed by atoms with Crippen molar-refractivity contribution in [2.45, 2.75) is 60.3 Å². The molecule has 1 nitrogen and oxygen atoms in total. The molecule has 1 atom stereocenters. The molecule has 0 aromatic carbocycles. The Morgan fingerprint density at radius 3 is 2.07 bits per heavy atom. The van der Waals surface area contributed by atoms with E-state index in [9.17, 15) is 4.79 Å². The molecule has 0 aromatic heterocycles. The highest BCUT2D eigenvalue weighted by Gasteiger charge is 2.21. The normalized spacial score (nSPS) is 13.6. The Morgan fingerprint density at radius 2 is 1.71 bits per heavy atom. The first-order valence-electron chi connectivity index (χ1n) is 6.01. The predicted molar refractivity (Wildman–Crippen MR) is 62.3 cm³/mol. The van der Waals surface area contributed by atoms with E-state index in [1.165, 1.54) is 12.8 Å². The summed E-state index contributed by atoms with van der Waals surface area (Å²) in [6.45, 7) is 10.8. The third kappa shape index (κ3) is 5.41. The molecule has 0 heterocycles. The van der Waals surface area contributed by atoms with Crippen LogP contribution in [0, 0.1) is 17.8 Å². The second-order valence-corrected chi connectivity index (χ2v) is 5.06. The van der Waals surface area contributed by atoms with Gasteiger partial charge in [-0.2, -0.15) is 0 Å². The number of ketones is 1. The summed E-state index contributed by atoms with van der Waals surface area (Å²) in [6.07, 6.45) is 4.22. The summed E-state index contributed by atoms with van der Waals surface area (Å²) < 4.78 is 0. The molecule has 84 valence electrons. The Kier molecular flexibility index (Phi) is 6.86. The van der Waals surface area contributed by atoms with Crippen molar-refractivity contribution >= 4 is 5.78 Å². The average Bonchev–Trinajstić information content (AvgIpc) is 2.02. The maximum Gasteiger partial charge on any atom is 0.136 e. The number of Topliss-reactive ketones (excluding diaryl/α,β-unsaturated/α-hetero) is 1. The second-order valence-electron chi connectivity index (χ2n) is 5.06. The van der Waals surface area contributed by atoms with Crippen LogP contribution in [0.15, 0.2) is 0 Å². The van der Waals surface area contributed by atoms with E-state index in [-0.39, 0.29) is 0 Å². The van der Waals surface area contributed by atoms with Gasteiger partial charge in [-0.1, -0.05) is 47.5 Å². The van der Waals surface area contributed by atoms with Crippen LogP contribution < -0.4 is 0 Å². The van der Waals surface area contributed by atoms with Gasteiger partial charge in [-0.3, -0.25) is 4.79 Å². The highest BCUT2D eigenvalue weighted by molar-refractivity contribution is 5.81. The fraction of sp³-hybridized carbons (Fsp3) is 0.923. The maximum absolute atomic E-state index is 11.9. The van der Waals surface area contributed by atoms with Crippen LogP contribution in [0.2, 0.25) is 0 Å². The van der Waals surface area contributed by atoms with E-state index >= 15 is 0 Å². The summed E-state index contributed by atoms with van der Waals surface area (Å²) in [6, 6.07) is 0. The molecule has 0 aliphatic rings. The van der Waals surface area contributed by atoms with Crippen molar-refractivity contribution in [3.05, 3.63) is 0 Å². The summed E-state index contributed by atoms with van der Waals surface area (Å²) in [7, 11) is 0. The van der Waals surface area contributed by atoms with Crippen LogP contribution in [-0.2, 0) is 4.79 Å². The van der Waals surface area contributed by atoms with Crippen molar-refractivity contribution in [2.75, 3.05) is 0 Å². The van der Waals surface area contributed by atoms with E-state index in [0.717, 1.165) is 12.8 Å². The Balaban J connectivity index is 4.11. The van der Waals surface area contributed by atoms with Crippen molar-refractivity contribution < 1.29 is 4.79 Å². The third-order valence-corrected chi connectivity index (χ3v) is 2.70. The van der Waals surface area contributed by atoms with Crippen molar-refractivity contribution in [3.8, 4) is 0 Å². The zero-order valence-corrected chi connectivity index (χ0v) is 10.5. The largest absolute Gasteiger partial charge is 0.299 e. The lowest BCUT2D eigenvalue weighted by Gasteiger charge is -2.20. The zero-order valence-electron chi connectivity index (χ0n) is 10.5. The molecular weight excluding hydrogens is 172 g/mol. The SMILES string of the molecule is CCCCC(C(=O)CC(C)C)C(C)C. The molecule has 0 saturated heterocycles. The lowest BCUT2D eigenvalue weighted by molar-refractivity contribution is -0.125. The molecule has 0 rings (SSSR count). The first-order valence-corrected chi connectivity index (χ1v) is 6.01. The van der Waals surface area contributed by atoms with E-state index in [1.54, 1.807) is 0 Å². The van der Waals surface area contributed by atoms with Gasteiger partial charge in [0.25, 0.3) is 0 Å². The Bertz CT molecular complexity index is 159. The Labute approximate surface area is 89.3 Å². The van der Waals surface area contributed by atoms with Gasteiger partial charge in [-0.25, -0.2) is 0 Å². The molecule has 14 heavy (non-hydrogen) atoms. The van der Waals surface area contributed by atoms with Crippen LogP contribution in [0.3, 0.4) is 0 Å². The topological polar surface area (TPSA) is 17.1 Å². The lowest BCUT2D eigenvalue weighted by atomic mass is 9.84. The van der Waals surface area contributed by atoms with Crippen LogP contribution >= 0.6 is 0 Å². The monoisotopic (exact) mass is 198 g/mol. The lowest BCUT2D eigenvalue weighted by Crippen LogP contribution is -2.21. The summed E-state index contributed by atoms with van der Waals surface area (Å²) >= 11 is 0. The smallest absolute Gasteiger partial charge is 0.136 e. The van der Waals surface area contributed by atoms with Gasteiger partial charge >= 0.3 is 0 Å². The average molecular weight is 198 g/mol. The van der Waals surface area contributed by atoms with E-state index in [4.69, 9.17) is 0 Å². The minimum absolute atomic E-state index is 0.303. The van der Waals surface area contributed by atoms with E-state index in [2.05, 4.69) is 34.6 Å². The van der Waals surface area contributed by atoms with Crippen molar-refractivity contribution in [1.29, 1.82) is 0 Å². The van der Waals surface area contributed by atoms with Gasteiger partial charge in [0.05, 0.1) is 0 Å². The number of unbranched alkanes of at least 4 members (excludes halogenated alkanes) is 1. The molecular formula is C13H26O. The highest BCUT2D eigenvalue weighted by Crippen LogP contribution is 2.22. The molecule has 0 bridgehead atoms. The molecule has 1 unspecified atom stereocenters. The van der Waals surface area contributed by atoms with Crippen LogP contribution in [-0.4, -0.2) is 5.78 Å². The third-order valence-electron chi connectivity index (χ3n) is 2.70. The minimum atomic E-state index is 0.303. The number of carbonyl (C=O) groups excluding carboxylic acids is 1. The Morgan fingerprint density at radius 1 is 1.14 bits per heavy atom. The molecule has 0 N–H and O–H groups in total. The van der Waals surface area contributed by atoms with E-state index < -0.39 is 0 Å². The fourth-order valence-electron chi connectivity index (χ4n) is 1.84. The predicted octanol–water partition coefficient (Wildman–Crippen LogP) is 4.06. The van der Waals surface area contributed by atoms with Crippen molar-refractivity contribution in [3.63, 3.8) is 0 Å². The van der Waals surface area contributed by atoms with Crippen LogP contribution in [0.1, 0.15) is 60.3 Å². The van der Waals surface area contributed by atoms with Gasteiger partial charge in [0.1, 0.15) is 5.78 Å². The quantitative estimate of drug-likeness (QED) is 0.603. The van der Waals surface area contributed by atoms with E-state index in [0.29, 0.717) is 23.5 Å². The summed E-state index contributed by atoms with van der Waals surface area (Å²) in [5, 5.41) is 0. The van der Waals surface area contributed by atoms with Crippen molar-refractivity contribution in [1.82, 2.24) is 0 Å². The standard InChI is InChI=1S/C13H26O/c1-6-7-8-12(11(4)5)13(14)9-10(2)3/h10-12H,6-9H2,1-5H3. The van der Waals surface area contributed by atoms with Crippen LogP contribution in [0.5, 0.6) is 0 Å². The van der Waals surface area contributed by atoms with Gasteiger partial charge in [0.2, 0.25) is 0 Å². The molecule has 0 aliphatic heterocycles. The first kappa shape index (κ1) is 13.7. The van der Waals surface area contributed by atoms with Crippen molar-refractivity contribution in [2.24, 2.45) is 17.8 Å². The zero-order chi connectivity index (χ0) is 11.1. The van der Waals surface area contributed by atoms with Gasteiger partial charge in [0, 0.05) is 12.3 Å². The first-order chi connectivity index (χ1) is 6.49. The number of carbonyl (C=O) groups is 1. The summed E-state index contributed by atoms with van der Waals surface area (Å²) in [5.74, 6) is 1.79. The Hall–Kier alpha value is -0.330. The molecule has 0 amide bonds. The number of hydrogen-bond donors (Lipinski definition) is 0. The number of hydrogen-bond acceptors (Lipinski definition) is 1. The molecule has 0 aliphatic carbocycles.